The number of piperidine rings is 3. The molecule has 0 saturated carbocycles. The quantitative estimate of drug-likeness (QED) is 0.865. The average Bonchev–Trinajstić information content (AvgIpc) is 3.17. The van der Waals surface area contributed by atoms with E-state index in [1.54, 1.807) is 12.1 Å². The molecule has 1 amide bonds. The Bertz CT molecular complexity index is 897. The molecule has 5 nitrogen and oxygen atoms in total. The maximum atomic E-state index is 13.8. The van der Waals surface area contributed by atoms with Gasteiger partial charge in [0.15, 0.2) is 0 Å². The van der Waals surface area contributed by atoms with Gasteiger partial charge in [0.05, 0.1) is 0 Å². The third kappa shape index (κ3) is 3.59. The lowest BCUT2D eigenvalue weighted by atomic mass is 9.71. The second-order valence-corrected chi connectivity index (χ2v) is 9.10. The minimum absolute atomic E-state index is 0.0396. The molecule has 29 heavy (non-hydrogen) atoms. The number of amides is 1. The van der Waals surface area contributed by atoms with Crippen LogP contribution >= 0.6 is 0 Å². The molecular weight excluding hydrogens is 367 g/mol. The Balaban J connectivity index is 1.41. The number of hydrogen-bond donors (Lipinski definition) is 1. The number of aromatic nitrogens is 2. The van der Waals surface area contributed by atoms with Crippen LogP contribution < -0.4 is 0 Å². The Morgan fingerprint density at radius 1 is 1.24 bits per heavy atom. The van der Waals surface area contributed by atoms with Gasteiger partial charge in [0.2, 0.25) is 0 Å². The first-order valence-corrected chi connectivity index (χ1v) is 10.9. The van der Waals surface area contributed by atoms with Gasteiger partial charge >= 0.3 is 0 Å². The molecule has 5 rings (SSSR count). The highest BCUT2D eigenvalue weighted by molar-refractivity contribution is 5.92. The van der Waals surface area contributed by atoms with Crippen molar-refractivity contribution >= 4 is 5.91 Å². The first-order valence-electron chi connectivity index (χ1n) is 10.9. The number of H-pyrrole nitrogens is 1. The summed E-state index contributed by atoms with van der Waals surface area (Å²) in [6.45, 7) is 4.65. The summed E-state index contributed by atoms with van der Waals surface area (Å²) in [7, 11) is 0. The molecule has 0 unspecified atom stereocenters. The summed E-state index contributed by atoms with van der Waals surface area (Å²) >= 11 is 0. The predicted octanol–water partition coefficient (Wildman–Crippen LogP) is 3.41. The fourth-order valence-electron chi connectivity index (χ4n) is 5.95. The van der Waals surface area contributed by atoms with E-state index >= 15 is 0 Å². The van der Waals surface area contributed by atoms with E-state index in [2.05, 4.69) is 15.1 Å². The molecule has 0 aliphatic carbocycles. The molecule has 154 valence electrons. The molecule has 0 spiro atoms. The fourth-order valence-corrected chi connectivity index (χ4v) is 5.95. The molecule has 0 radical (unpaired) electrons. The molecule has 3 saturated heterocycles. The number of hydrogen-bond acceptors (Lipinski definition) is 3. The molecule has 2 aromatic rings. The van der Waals surface area contributed by atoms with Crippen molar-refractivity contribution in [2.75, 3.05) is 19.6 Å². The SMILES string of the molecule is Cc1cc(C(=O)N2C[C@H]3C[C@@H](C2)[C@H](Cc2cccc(F)c2)N2CCCC[C@@H]32)n[nH]1. The highest BCUT2D eigenvalue weighted by Crippen LogP contribution is 2.42. The summed E-state index contributed by atoms with van der Waals surface area (Å²) < 4.78 is 13.8. The topological polar surface area (TPSA) is 52.2 Å². The minimum atomic E-state index is -0.166. The molecule has 2 bridgehead atoms. The summed E-state index contributed by atoms with van der Waals surface area (Å²) in [6, 6.07) is 9.77. The number of carbonyl (C=O) groups is 1. The van der Waals surface area contributed by atoms with E-state index in [0.717, 1.165) is 37.3 Å². The van der Waals surface area contributed by atoms with E-state index in [1.807, 2.05) is 24.0 Å². The van der Waals surface area contributed by atoms with Crippen molar-refractivity contribution in [1.82, 2.24) is 20.0 Å². The van der Waals surface area contributed by atoms with E-state index in [9.17, 15) is 9.18 Å². The van der Waals surface area contributed by atoms with E-state index < -0.39 is 0 Å². The zero-order chi connectivity index (χ0) is 20.0. The van der Waals surface area contributed by atoms with Crippen molar-refractivity contribution in [1.29, 1.82) is 0 Å². The monoisotopic (exact) mass is 396 g/mol. The molecule has 4 atom stereocenters. The number of benzene rings is 1. The number of nitrogens with zero attached hydrogens (tertiary/aromatic N) is 3. The van der Waals surface area contributed by atoms with Gasteiger partial charge in [-0.3, -0.25) is 14.8 Å². The fraction of sp³-hybridized carbons (Fsp3) is 0.565. The third-order valence-corrected chi connectivity index (χ3v) is 7.17. The maximum Gasteiger partial charge on any atom is 0.274 e. The number of likely N-dealkylation sites (tertiary alicyclic amines) is 1. The molecule has 1 aromatic heterocycles. The van der Waals surface area contributed by atoms with Gasteiger partial charge in [-0.25, -0.2) is 4.39 Å². The van der Waals surface area contributed by atoms with Crippen LogP contribution in [0, 0.1) is 24.6 Å². The largest absolute Gasteiger partial charge is 0.337 e. The zero-order valence-corrected chi connectivity index (χ0v) is 17.0. The van der Waals surface area contributed by atoms with Crippen molar-refractivity contribution in [3.05, 3.63) is 53.1 Å². The number of aromatic amines is 1. The van der Waals surface area contributed by atoms with Gasteiger partial charge in [0, 0.05) is 30.9 Å². The number of rotatable bonds is 3. The number of fused-ring (bicyclic) bond motifs is 4. The smallest absolute Gasteiger partial charge is 0.274 e. The van der Waals surface area contributed by atoms with Crippen LogP contribution in [0.4, 0.5) is 4.39 Å². The lowest BCUT2D eigenvalue weighted by molar-refractivity contribution is -0.0643. The zero-order valence-electron chi connectivity index (χ0n) is 17.0. The van der Waals surface area contributed by atoms with Gasteiger partial charge in [-0.2, -0.15) is 5.10 Å². The number of aryl methyl sites for hydroxylation is 1. The van der Waals surface area contributed by atoms with Crippen LogP contribution in [0.25, 0.3) is 0 Å². The molecule has 1 N–H and O–H groups in total. The third-order valence-electron chi connectivity index (χ3n) is 7.17. The first-order chi connectivity index (χ1) is 14.1. The van der Waals surface area contributed by atoms with Gasteiger partial charge in [-0.1, -0.05) is 18.6 Å². The van der Waals surface area contributed by atoms with Crippen LogP contribution in [0.5, 0.6) is 0 Å². The van der Waals surface area contributed by atoms with Crippen molar-refractivity contribution in [2.24, 2.45) is 11.8 Å². The molecule has 1 aromatic carbocycles. The van der Waals surface area contributed by atoms with Gasteiger partial charge in [-0.15, -0.1) is 0 Å². The minimum Gasteiger partial charge on any atom is -0.337 e. The normalized spacial score (nSPS) is 29.5. The number of carbonyl (C=O) groups excluding carboxylic acids is 1. The van der Waals surface area contributed by atoms with Crippen molar-refractivity contribution in [3.8, 4) is 0 Å². The summed E-state index contributed by atoms with van der Waals surface area (Å²) in [6.07, 6.45) is 5.74. The van der Waals surface area contributed by atoms with Gasteiger partial charge in [-0.05, 0) is 74.8 Å². The molecule has 3 aliphatic rings. The first kappa shape index (κ1) is 18.8. The van der Waals surface area contributed by atoms with E-state index in [0.29, 0.717) is 29.6 Å². The maximum absolute atomic E-state index is 13.8. The second-order valence-electron chi connectivity index (χ2n) is 9.10. The van der Waals surface area contributed by atoms with Gasteiger partial charge in [0.25, 0.3) is 5.91 Å². The van der Waals surface area contributed by atoms with Crippen molar-refractivity contribution < 1.29 is 9.18 Å². The second kappa shape index (κ2) is 7.56. The Labute approximate surface area is 171 Å². The summed E-state index contributed by atoms with van der Waals surface area (Å²) in [5.41, 5.74) is 2.49. The Hall–Kier alpha value is -2.21. The number of nitrogens with one attached hydrogen (secondary N) is 1. The standard InChI is InChI=1S/C23H29FN4O/c1-15-9-20(26-25-15)23(29)27-13-17-12-18(14-27)22(28-8-3-2-7-21(17)28)11-16-5-4-6-19(24)10-16/h4-6,9-10,17-18,21-22H,2-3,7-8,11-14H2,1H3,(H,25,26)/t17-,18+,21+,22+/m1/s1. The Morgan fingerprint density at radius 2 is 2.10 bits per heavy atom. The average molecular weight is 397 g/mol. The van der Waals surface area contributed by atoms with Crippen molar-refractivity contribution in [2.45, 2.75) is 51.1 Å². The van der Waals surface area contributed by atoms with Crippen LogP contribution in [0.1, 0.15) is 47.4 Å². The lowest BCUT2D eigenvalue weighted by Crippen LogP contribution is -2.64. The lowest BCUT2D eigenvalue weighted by Gasteiger charge is -2.57. The molecular formula is C23H29FN4O. The van der Waals surface area contributed by atoms with Crippen LogP contribution in [0.2, 0.25) is 0 Å². The van der Waals surface area contributed by atoms with E-state index in [4.69, 9.17) is 0 Å². The summed E-state index contributed by atoms with van der Waals surface area (Å²) in [5.74, 6) is 0.829. The molecule has 3 fully saturated rings. The summed E-state index contributed by atoms with van der Waals surface area (Å²) in [4.78, 5) is 17.8. The summed E-state index contributed by atoms with van der Waals surface area (Å²) in [5, 5.41) is 7.08. The van der Waals surface area contributed by atoms with Crippen LogP contribution in [-0.2, 0) is 6.42 Å². The highest BCUT2D eigenvalue weighted by atomic mass is 19.1. The predicted molar refractivity (Wildman–Crippen MR) is 109 cm³/mol. The van der Waals surface area contributed by atoms with Crippen LogP contribution in [0.15, 0.2) is 30.3 Å². The van der Waals surface area contributed by atoms with Gasteiger partial charge in [0.1, 0.15) is 11.5 Å². The highest BCUT2D eigenvalue weighted by Gasteiger charge is 2.48. The molecule has 6 heteroatoms. The number of halogens is 1. The molecule has 3 aliphatic heterocycles. The Morgan fingerprint density at radius 3 is 2.90 bits per heavy atom. The van der Waals surface area contributed by atoms with E-state index in [-0.39, 0.29) is 11.7 Å². The van der Waals surface area contributed by atoms with Crippen LogP contribution in [0.3, 0.4) is 0 Å². The van der Waals surface area contributed by atoms with Crippen molar-refractivity contribution in [3.63, 3.8) is 0 Å². The van der Waals surface area contributed by atoms with E-state index in [1.165, 1.54) is 31.7 Å². The molecule has 4 heterocycles. The van der Waals surface area contributed by atoms with Gasteiger partial charge < -0.3 is 4.90 Å². The Kier molecular flexibility index (Phi) is 4.90. The van der Waals surface area contributed by atoms with Crippen LogP contribution in [-0.4, -0.2) is 57.6 Å².